The molecule has 1 unspecified atom stereocenters. The molecule has 5 nitrogen and oxygen atoms in total. The molecule has 0 bridgehead atoms. The molecular formula is C27H24ClFN2O3. The molecule has 0 fully saturated rings. The van der Waals surface area contributed by atoms with Crippen LogP contribution in [-0.4, -0.2) is 11.1 Å². The van der Waals surface area contributed by atoms with Gasteiger partial charge in [-0.25, -0.2) is 4.39 Å². The summed E-state index contributed by atoms with van der Waals surface area (Å²) in [5.41, 5.74) is 3.88. The van der Waals surface area contributed by atoms with Crippen LogP contribution < -0.4 is 10.1 Å². The molecule has 174 valence electrons. The number of benzene rings is 3. The van der Waals surface area contributed by atoms with E-state index in [2.05, 4.69) is 10.5 Å². The molecular weight excluding hydrogens is 455 g/mol. The standard InChI is InChI=1S/C27H24ClFN2O3/c1-17-23(18(2)34-31-17)16-33-25-13-8-19(14-24(25)29)15-26(32)30-27(20-6-4-3-5-7-20)21-9-11-22(28)12-10-21/h3-14,27H,15-16H2,1-2H3,(H,30,32). The molecule has 4 rings (SSSR count). The van der Waals surface area contributed by atoms with Crippen molar-refractivity contribution >= 4 is 17.5 Å². The van der Waals surface area contributed by atoms with E-state index in [0.29, 0.717) is 22.0 Å². The lowest BCUT2D eigenvalue weighted by Crippen LogP contribution is -2.30. The number of aryl methyl sites for hydroxylation is 2. The highest BCUT2D eigenvalue weighted by atomic mass is 35.5. The second-order valence-corrected chi connectivity index (χ2v) is 8.43. The van der Waals surface area contributed by atoms with E-state index in [0.717, 1.165) is 16.7 Å². The average molecular weight is 479 g/mol. The first-order valence-corrected chi connectivity index (χ1v) is 11.2. The Morgan fingerprint density at radius 1 is 1.06 bits per heavy atom. The molecule has 1 heterocycles. The van der Waals surface area contributed by atoms with Crippen LogP contribution in [0.5, 0.6) is 5.75 Å². The lowest BCUT2D eigenvalue weighted by atomic mass is 9.98. The van der Waals surface area contributed by atoms with Crippen LogP contribution in [0.15, 0.2) is 77.3 Å². The van der Waals surface area contributed by atoms with Gasteiger partial charge in [0.05, 0.1) is 23.7 Å². The van der Waals surface area contributed by atoms with Crippen LogP contribution in [0, 0.1) is 19.7 Å². The van der Waals surface area contributed by atoms with Crippen molar-refractivity contribution in [1.82, 2.24) is 10.5 Å². The Labute approximate surface area is 202 Å². The molecule has 1 aromatic heterocycles. The fourth-order valence-electron chi connectivity index (χ4n) is 3.69. The third kappa shape index (κ3) is 5.64. The van der Waals surface area contributed by atoms with Crippen molar-refractivity contribution in [2.24, 2.45) is 0 Å². The van der Waals surface area contributed by atoms with Gasteiger partial charge in [0.2, 0.25) is 5.91 Å². The summed E-state index contributed by atoms with van der Waals surface area (Å²) in [6.07, 6.45) is 0.0258. The zero-order chi connectivity index (χ0) is 24.1. The molecule has 0 saturated carbocycles. The predicted octanol–water partition coefficient (Wildman–Crippen LogP) is 6.11. The number of ether oxygens (including phenoxy) is 1. The lowest BCUT2D eigenvalue weighted by Gasteiger charge is -2.20. The van der Waals surface area contributed by atoms with Crippen molar-refractivity contribution in [3.05, 3.63) is 117 Å². The van der Waals surface area contributed by atoms with Crippen molar-refractivity contribution in [3.63, 3.8) is 0 Å². The molecule has 0 radical (unpaired) electrons. The summed E-state index contributed by atoms with van der Waals surface area (Å²) < 4.78 is 25.4. The number of nitrogens with one attached hydrogen (secondary N) is 1. The SMILES string of the molecule is Cc1noc(C)c1COc1ccc(CC(=O)NC(c2ccccc2)c2ccc(Cl)cc2)cc1F. The topological polar surface area (TPSA) is 64.4 Å². The van der Waals surface area contributed by atoms with Crippen LogP contribution in [0.1, 0.15) is 39.7 Å². The van der Waals surface area contributed by atoms with Crippen LogP contribution in [0.25, 0.3) is 0 Å². The molecule has 3 aromatic carbocycles. The Morgan fingerprint density at radius 3 is 2.41 bits per heavy atom. The summed E-state index contributed by atoms with van der Waals surface area (Å²) in [4.78, 5) is 12.9. The first-order valence-electron chi connectivity index (χ1n) is 10.8. The highest BCUT2D eigenvalue weighted by Crippen LogP contribution is 2.25. The Kier molecular flexibility index (Phi) is 7.28. The number of rotatable bonds is 8. The van der Waals surface area contributed by atoms with Crippen molar-refractivity contribution < 1.29 is 18.4 Å². The van der Waals surface area contributed by atoms with Crippen LogP contribution in [-0.2, 0) is 17.8 Å². The Balaban J connectivity index is 1.44. The number of aromatic nitrogens is 1. The van der Waals surface area contributed by atoms with Gasteiger partial charge in [-0.3, -0.25) is 4.79 Å². The monoisotopic (exact) mass is 478 g/mol. The van der Waals surface area contributed by atoms with Crippen molar-refractivity contribution in [3.8, 4) is 5.75 Å². The van der Waals surface area contributed by atoms with Crippen LogP contribution in [0.4, 0.5) is 4.39 Å². The number of carbonyl (C=O) groups excluding carboxylic acids is 1. The van der Waals surface area contributed by atoms with E-state index in [1.807, 2.05) is 42.5 Å². The summed E-state index contributed by atoms with van der Waals surface area (Å²) in [7, 11) is 0. The molecule has 0 aliphatic carbocycles. The van der Waals surface area contributed by atoms with E-state index in [4.69, 9.17) is 20.9 Å². The molecule has 1 amide bonds. The third-order valence-corrected chi connectivity index (χ3v) is 5.81. The number of carbonyl (C=O) groups is 1. The van der Waals surface area contributed by atoms with Crippen LogP contribution in [0.2, 0.25) is 5.02 Å². The minimum Gasteiger partial charge on any atom is -0.486 e. The van der Waals surface area contributed by atoms with E-state index < -0.39 is 5.82 Å². The quantitative estimate of drug-likeness (QED) is 0.332. The molecule has 0 spiro atoms. The van der Waals surface area contributed by atoms with Gasteiger partial charge in [-0.2, -0.15) is 0 Å². The van der Waals surface area contributed by atoms with Crippen LogP contribution >= 0.6 is 11.6 Å². The Morgan fingerprint density at radius 2 is 1.76 bits per heavy atom. The van der Waals surface area contributed by atoms with Gasteiger partial charge in [-0.15, -0.1) is 0 Å². The van der Waals surface area contributed by atoms with Gasteiger partial charge in [-0.1, -0.05) is 65.3 Å². The third-order valence-electron chi connectivity index (χ3n) is 5.56. The first kappa shape index (κ1) is 23.5. The predicted molar refractivity (Wildman–Crippen MR) is 128 cm³/mol. The minimum absolute atomic E-state index is 0.0258. The lowest BCUT2D eigenvalue weighted by molar-refractivity contribution is -0.120. The number of halogens is 2. The second kappa shape index (κ2) is 10.5. The highest BCUT2D eigenvalue weighted by molar-refractivity contribution is 6.30. The van der Waals surface area contributed by atoms with Gasteiger partial charge in [0.1, 0.15) is 12.4 Å². The molecule has 7 heteroatoms. The molecule has 1 atom stereocenters. The summed E-state index contributed by atoms with van der Waals surface area (Å²) in [6, 6.07) is 21.2. The molecule has 4 aromatic rings. The first-order chi connectivity index (χ1) is 16.4. The van der Waals surface area contributed by atoms with Gasteiger partial charge in [0.15, 0.2) is 11.6 Å². The van der Waals surface area contributed by atoms with E-state index >= 15 is 0 Å². The smallest absolute Gasteiger partial charge is 0.225 e. The number of hydrogen-bond donors (Lipinski definition) is 1. The van der Waals surface area contributed by atoms with E-state index in [1.165, 1.54) is 12.1 Å². The van der Waals surface area contributed by atoms with Gasteiger partial charge < -0.3 is 14.6 Å². The number of amides is 1. The van der Waals surface area contributed by atoms with Crippen molar-refractivity contribution in [1.29, 1.82) is 0 Å². The second-order valence-electron chi connectivity index (χ2n) is 8.00. The fraction of sp³-hybridized carbons (Fsp3) is 0.185. The normalized spacial score (nSPS) is 11.8. The van der Waals surface area contributed by atoms with Gasteiger partial charge >= 0.3 is 0 Å². The maximum atomic E-state index is 14.7. The van der Waals surface area contributed by atoms with E-state index in [-0.39, 0.29) is 30.7 Å². The number of nitrogens with zero attached hydrogens (tertiary/aromatic N) is 1. The molecule has 0 aliphatic rings. The Hall–Kier alpha value is -3.64. The zero-order valence-corrected chi connectivity index (χ0v) is 19.6. The van der Waals surface area contributed by atoms with E-state index in [9.17, 15) is 9.18 Å². The summed E-state index contributed by atoms with van der Waals surface area (Å²) in [5, 5.41) is 7.54. The highest BCUT2D eigenvalue weighted by Gasteiger charge is 2.18. The van der Waals surface area contributed by atoms with Gasteiger partial charge in [-0.05, 0) is 54.8 Å². The maximum Gasteiger partial charge on any atom is 0.225 e. The zero-order valence-electron chi connectivity index (χ0n) is 18.8. The van der Waals surface area contributed by atoms with Gasteiger partial charge in [0, 0.05) is 5.02 Å². The van der Waals surface area contributed by atoms with E-state index in [1.54, 1.807) is 32.0 Å². The summed E-state index contributed by atoms with van der Waals surface area (Å²) in [5.74, 6) is -0.0192. The molecule has 34 heavy (non-hydrogen) atoms. The average Bonchev–Trinajstić information content (AvgIpc) is 3.15. The van der Waals surface area contributed by atoms with Gasteiger partial charge in [0.25, 0.3) is 0 Å². The molecule has 0 saturated heterocycles. The number of hydrogen-bond acceptors (Lipinski definition) is 4. The van der Waals surface area contributed by atoms with Crippen LogP contribution in [0.3, 0.4) is 0 Å². The summed E-state index contributed by atoms with van der Waals surface area (Å²) >= 11 is 6.03. The summed E-state index contributed by atoms with van der Waals surface area (Å²) in [6.45, 7) is 3.74. The van der Waals surface area contributed by atoms with Crippen molar-refractivity contribution in [2.45, 2.75) is 32.9 Å². The fourth-order valence-corrected chi connectivity index (χ4v) is 3.81. The largest absolute Gasteiger partial charge is 0.486 e. The molecule has 0 aliphatic heterocycles. The van der Waals surface area contributed by atoms with Crippen molar-refractivity contribution in [2.75, 3.05) is 0 Å². The minimum atomic E-state index is -0.533. The maximum absolute atomic E-state index is 14.7. The Bertz CT molecular complexity index is 1250. The molecule has 1 N–H and O–H groups in total.